The van der Waals surface area contributed by atoms with Gasteiger partial charge in [0, 0.05) is 24.2 Å². The van der Waals surface area contributed by atoms with Crippen LogP contribution in [0.1, 0.15) is 23.7 Å². The first-order valence-electron chi connectivity index (χ1n) is 9.63. The predicted octanol–water partition coefficient (Wildman–Crippen LogP) is 2.95. The second-order valence-corrected chi connectivity index (χ2v) is 6.76. The molecule has 3 amide bonds. The van der Waals surface area contributed by atoms with Crippen molar-refractivity contribution in [3.8, 4) is 5.75 Å². The summed E-state index contributed by atoms with van der Waals surface area (Å²) in [6.45, 7) is 6.00. The smallest absolute Gasteiger partial charge is 0.269 e. The van der Waals surface area contributed by atoms with Crippen molar-refractivity contribution in [3.63, 3.8) is 0 Å². The van der Waals surface area contributed by atoms with Crippen molar-refractivity contribution in [1.29, 1.82) is 0 Å². The fraction of sp³-hybridized carbons (Fsp3) is 0.227. The maximum Gasteiger partial charge on any atom is 0.269 e. The molecule has 2 aromatic rings. The van der Waals surface area contributed by atoms with Crippen molar-refractivity contribution in [3.05, 3.63) is 76.9 Å². The highest BCUT2D eigenvalue weighted by Crippen LogP contribution is 2.28. The van der Waals surface area contributed by atoms with Crippen LogP contribution in [-0.4, -0.2) is 46.7 Å². The monoisotopic (exact) mass is 423 g/mol. The lowest BCUT2D eigenvalue weighted by Gasteiger charge is -2.26. The molecule has 9 heteroatoms. The van der Waals surface area contributed by atoms with Crippen molar-refractivity contribution in [1.82, 2.24) is 4.90 Å². The number of nitro benzene ring substituents is 1. The Morgan fingerprint density at radius 2 is 1.87 bits per heavy atom. The second-order valence-electron chi connectivity index (χ2n) is 6.76. The van der Waals surface area contributed by atoms with E-state index < -0.39 is 28.7 Å². The average Bonchev–Trinajstić information content (AvgIpc) is 3.06. The quantitative estimate of drug-likeness (QED) is 0.279. The first kappa shape index (κ1) is 21.7. The molecule has 2 aromatic carbocycles. The minimum Gasteiger partial charge on any atom is -0.494 e. The first-order chi connectivity index (χ1) is 14.9. The Kier molecular flexibility index (Phi) is 6.44. The zero-order valence-corrected chi connectivity index (χ0v) is 16.9. The maximum absolute atomic E-state index is 13.1. The summed E-state index contributed by atoms with van der Waals surface area (Å²) in [5, 5.41) is 10.8. The third-order valence-electron chi connectivity index (χ3n) is 4.82. The summed E-state index contributed by atoms with van der Waals surface area (Å²) in [5.74, 6) is -0.853. The van der Waals surface area contributed by atoms with E-state index in [1.54, 1.807) is 24.3 Å². The summed E-state index contributed by atoms with van der Waals surface area (Å²) in [6.07, 6.45) is 1.29. The van der Waals surface area contributed by atoms with Gasteiger partial charge in [-0.3, -0.25) is 24.5 Å². The molecule has 9 nitrogen and oxygen atoms in total. The van der Waals surface area contributed by atoms with Crippen LogP contribution in [0.5, 0.6) is 5.75 Å². The van der Waals surface area contributed by atoms with E-state index in [1.807, 2.05) is 6.92 Å². The molecule has 0 aliphatic carbocycles. The number of hydrogen-bond acceptors (Lipinski definition) is 6. The number of amides is 3. The average molecular weight is 423 g/mol. The van der Waals surface area contributed by atoms with E-state index in [9.17, 15) is 24.5 Å². The minimum atomic E-state index is -1.00. The van der Waals surface area contributed by atoms with Crippen LogP contribution in [0, 0.1) is 10.1 Å². The van der Waals surface area contributed by atoms with Crippen molar-refractivity contribution in [2.24, 2.45) is 0 Å². The zero-order chi connectivity index (χ0) is 22.5. The number of non-ortho nitro benzene ring substituents is 1. The molecule has 1 saturated heterocycles. The van der Waals surface area contributed by atoms with Gasteiger partial charge in [-0.1, -0.05) is 6.08 Å². The molecule has 160 valence electrons. The highest BCUT2D eigenvalue weighted by atomic mass is 16.6. The molecule has 1 heterocycles. The number of nitrogens with zero attached hydrogens (tertiary/aromatic N) is 3. The molecule has 0 radical (unpaired) electrons. The Balaban J connectivity index is 1.85. The fourth-order valence-electron chi connectivity index (χ4n) is 3.37. The molecule has 1 atom stereocenters. The molecule has 0 saturated carbocycles. The number of nitro groups is 1. The molecular formula is C22H21N3O6. The highest BCUT2D eigenvalue weighted by molar-refractivity contribution is 6.23. The Morgan fingerprint density at radius 1 is 1.23 bits per heavy atom. The lowest BCUT2D eigenvalue weighted by atomic mass is 10.1. The van der Waals surface area contributed by atoms with Crippen LogP contribution in [-0.2, 0) is 9.59 Å². The fourth-order valence-corrected chi connectivity index (χ4v) is 3.37. The van der Waals surface area contributed by atoms with Crippen LogP contribution in [0.2, 0.25) is 0 Å². The lowest BCUT2D eigenvalue weighted by molar-refractivity contribution is -0.384. The minimum absolute atomic E-state index is 0.0383. The summed E-state index contributed by atoms with van der Waals surface area (Å²) >= 11 is 0. The van der Waals surface area contributed by atoms with Gasteiger partial charge in [0.2, 0.25) is 5.91 Å². The number of rotatable bonds is 8. The highest BCUT2D eigenvalue weighted by Gasteiger charge is 2.44. The summed E-state index contributed by atoms with van der Waals surface area (Å²) < 4.78 is 5.38. The molecule has 0 spiro atoms. The van der Waals surface area contributed by atoms with Crippen molar-refractivity contribution >= 4 is 29.1 Å². The Bertz CT molecular complexity index is 1020. The Labute approximate surface area is 178 Å². The van der Waals surface area contributed by atoms with Crippen molar-refractivity contribution in [2.45, 2.75) is 19.4 Å². The molecule has 1 unspecified atom stereocenters. The summed E-state index contributed by atoms with van der Waals surface area (Å²) in [4.78, 5) is 51.3. The van der Waals surface area contributed by atoms with Gasteiger partial charge in [0.15, 0.2) is 0 Å². The van der Waals surface area contributed by atoms with E-state index >= 15 is 0 Å². The standard InChI is InChI=1S/C22H21N3O6/c1-3-13-23(21(27)15-5-7-17(8-6-15)25(29)30)19-14-20(26)24(22(19)28)16-9-11-18(12-10-16)31-4-2/h3,5-12,19H,1,4,13-14H2,2H3. The van der Waals surface area contributed by atoms with Gasteiger partial charge in [-0.15, -0.1) is 6.58 Å². The number of benzene rings is 2. The molecule has 0 N–H and O–H groups in total. The number of anilines is 1. The van der Waals surface area contributed by atoms with Gasteiger partial charge in [0.25, 0.3) is 17.5 Å². The third-order valence-corrected chi connectivity index (χ3v) is 4.82. The number of hydrogen-bond donors (Lipinski definition) is 0. The van der Waals surface area contributed by atoms with Gasteiger partial charge in [-0.2, -0.15) is 0 Å². The van der Waals surface area contributed by atoms with Crippen LogP contribution in [0.15, 0.2) is 61.2 Å². The van der Waals surface area contributed by atoms with E-state index in [4.69, 9.17) is 4.74 Å². The van der Waals surface area contributed by atoms with Gasteiger partial charge in [0.1, 0.15) is 11.8 Å². The third kappa shape index (κ3) is 4.45. The van der Waals surface area contributed by atoms with Crippen LogP contribution >= 0.6 is 0 Å². The number of carbonyl (C=O) groups excluding carboxylic acids is 3. The molecule has 31 heavy (non-hydrogen) atoms. The maximum atomic E-state index is 13.1. The van der Waals surface area contributed by atoms with Crippen LogP contribution in [0.4, 0.5) is 11.4 Å². The topological polar surface area (TPSA) is 110 Å². The molecule has 0 bridgehead atoms. The number of ether oxygens (including phenoxy) is 1. The number of carbonyl (C=O) groups is 3. The zero-order valence-electron chi connectivity index (χ0n) is 16.9. The predicted molar refractivity (Wildman–Crippen MR) is 113 cm³/mol. The molecule has 1 aliphatic heterocycles. The van der Waals surface area contributed by atoms with Gasteiger partial charge in [-0.25, -0.2) is 4.90 Å². The van der Waals surface area contributed by atoms with E-state index in [0.717, 1.165) is 4.90 Å². The molecular weight excluding hydrogens is 402 g/mol. The van der Waals surface area contributed by atoms with Crippen LogP contribution in [0.25, 0.3) is 0 Å². The van der Waals surface area contributed by atoms with E-state index in [2.05, 4.69) is 6.58 Å². The normalized spacial score (nSPS) is 15.6. The van der Waals surface area contributed by atoms with Gasteiger partial charge in [-0.05, 0) is 43.3 Å². The molecule has 3 rings (SSSR count). The van der Waals surface area contributed by atoms with Crippen LogP contribution < -0.4 is 9.64 Å². The summed E-state index contributed by atoms with van der Waals surface area (Å²) in [7, 11) is 0. The van der Waals surface area contributed by atoms with E-state index in [1.165, 1.54) is 35.2 Å². The lowest BCUT2D eigenvalue weighted by Crippen LogP contribution is -2.45. The summed E-state index contributed by atoms with van der Waals surface area (Å²) in [5.41, 5.74) is 0.412. The van der Waals surface area contributed by atoms with Crippen molar-refractivity contribution < 1.29 is 24.0 Å². The van der Waals surface area contributed by atoms with Crippen molar-refractivity contribution in [2.75, 3.05) is 18.1 Å². The van der Waals surface area contributed by atoms with Gasteiger partial charge >= 0.3 is 0 Å². The van der Waals surface area contributed by atoms with Crippen LogP contribution in [0.3, 0.4) is 0 Å². The Hall–Kier alpha value is -4.01. The number of imide groups is 1. The summed E-state index contributed by atoms with van der Waals surface area (Å²) in [6, 6.07) is 10.6. The van der Waals surface area contributed by atoms with Gasteiger partial charge in [0.05, 0.1) is 23.6 Å². The first-order valence-corrected chi connectivity index (χ1v) is 9.63. The largest absolute Gasteiger partial charge is 0.494 e. The SMILES string of the molecule is C=CCN(C(=O)c1ccc([N+](=O)[O-])cc1)C1CC(=O)N(c2ccc(OCC)cc2)C1=O. The second kappa shape index (κ2) is 9.21. The van der Waals surface area contributed by atoms with E-state index in [-0.39, 0.29) is 24.2 Å². The van der Waals surface area contributed by atoms with E-state index in [0.29, 0.717) is 18.0 Å². The molecule has 1 aliphatic rings. The molecule has 0 aromatic heterocycles. The Morgan fingerprint density at radius 3 is 2.42 bits per heavy atom. The van der Waals surface area contributed by atoms with Gasteiger partial charge < -0.3 is 9.64 Å². The molecule has 1 fully saturated rings.